The summed E-state index contributed by atoms with van der Waals surface area (Å²) in [5, 5.41) is 3.22. The van der Waals surface area contributed by atoms with Gasteiger partial charge in [0.15, 0.2) is 0 Å². The molecule has 110 valence electrons. The van der Waals surface area contributed by atoms with Crippen LogP contribution >= 0.6 is 0 Å². The summed E-state index contributed by atoms with van der Waals surface area (Å²) in [5.74, 6) is -0.338. The number of carbonyl (C=O) groups is 1. The molecule has 3 N–H and O–H groups in total. The van der Waals surface area contributed by atoms with Gasteiger partial charge in [-0.1, -0.05) is 6.07 Å². The van der Waals surface area contributed by atoms with Crippen molar-refractivity contribution in [3.05, 3.63) is 40.2 Å². The van der Waals surface area contributed by atoms with E-state index >= 15 is 0 Å². The molecule has 1 aliphatic carbocycles. The molecule has 5 heteroatoms. The summed E-state index contributed by atoms with van der Waals surface area (Å²) >= 11 is 0. The molecular formula is C16H19N3O2. The third-order valence-corrected chi connectivity index (χ3v) is 3.70. The lowest BCUT2D eigenvalue weighted by atomic mass is 10.1. The molecule has 1 fully saturated rings. The van der Waals surface area contributed by atoms with Crippen LogP contribution in [0, 0.1) is 0 Å². The van der Waals surface area contributed by atoms with E-state index in [9.17, 15) is 9.59 Å². The van der Waals surface area contributed by atoms with Crippen LogP contribution in [0.3, 0.4) is 0 Å². The number of rotatable bonds is 3. The number of hydrogen-bond donors (Lipinski definition) is 2. The minimum atomic E-state index is -0.338. The van der Waals surface area contributed by atoms with E-state index in [0.717, 1.165) is 18.4 Å². The van der Waals surface area contributed by atoms with Gasteiger partial charge in [0.1, 0.15) is 5.56 Å². The molecule has 1 saturated carbocycles. The van der Waals surface area contributed by atoms with Crippen molar-refractivity contribution in [2.45, 2.75) is 38.8 Å². The number of amides is 1. The first-order valence-corrected chi connectivity index (χ1v) is 7.23. The third kappa shape index (κ3) is 2.39. The second-order valence-electron chi connectivity index (χ2n) is 5.88. The Morgan fingerprint density at radius 2 is 2.10 bits per heavy atom. The number of nitrogens with two attached hydrogens (primary N) is 1. The predicted octanol–water partition coefficient (Wildman–Crippen LogP) is 2.06. The maximum absolute atomic E-state index is 12.6. The van der Waals surface area contributed by atoms with Crippen LogP contribution in [0.2, 0.25) is 0 Å². The van der Waals surface area contributed by atoms with Crippen LogP contribution in [0.15, 0.2) is 29.2 Å². The molecule has 3 rings (SSSR count). The number of anilines is 1. The highest BCUT2D eigenvalue weighted by Gasteiger charge is 2.27. The van der Waals surface area contributed by atoms with E-state index in [1.54, 1.807) is 12.3 Å². The Kier molecular flexibility index (Phi) is 3.20. The van der Waals surface area contributed by atoms with Crippen molar-refractivity contribution in [1.82, 2.24) is 9.88 Å². The summed E-state index contributed by atoms with van der Waals surface area (Å²) < 4.78 is 2.02. The molecule has 1 aromatic heterocycles. The zero-order chi connectivity index (χ0) is 15.1. The molecule has 0 radical (unpaired) electrons. The average molecular weight is 285 g/mol. The summed E-state index contributed by atoms with van der Waals surface area (Å²) in [6.07, 6.45) is 3.81. The molecular weight excluding hydrogens is 266 g/mol. The van der Waals surface area contributed by atoms with Gasteiger partial charge in [0.25, 0.3) is 5.91 Å². The average Bonchev–Trinajstić information content (AvgIpc) is 3.22. The lowest BCUT2D eigenvalue weighted by Crippen LogP contribution is -2.34. The van der Waals surface area contributed by atoms with Gasteiger partial charge in [-0.15, -0.1) is 0 Å². The van der Waals surface area contributed by atoms with Gasteiger partial charge in [0.2, 0.25) is 5.43 Å². The van der Waals surface area contributed by atoms with Crippen LogP contribution in [0.25, 0.3) is 10.9 Å². The minimum absolute atomic E-state index is 0.0184. The van der Waals surface area contributed by atoms with E-state index in [2.05, 4.69) is 5.32 Å². The predicted molar refractivity (Wildman–Crippen MR) is 83.5 cm³/mol. The lowest BCUT2D eigenvalue weighted by Gasteiger charge is -2.14. The summed E-state index contributed by atoms with van der Waals surface area (Å²) in [6.45, 7) is 3.74. The molecule has 2 aromatic rings. The van der Waals surface area contributed by atoms with Crippen molar-refractivity contribution in [2.75, 3.05) is 5.73 Å². The minimum Gasteiger partial charge on any atom is -0.398 e. The Bertz CT molecular complexity index is 773. The van der Waals surface area contributed by atoms with E-state index in [-0.39, 0.29) is 22.9 Å². The van der Waals surface area contributed by atoms with E-state index in [0.29, 0.717) is 17.1 Å². The fourth-order valence-corrected chi connectivity index (χ4v) is 2.58. The zero-order valence-corrected chi connectivity index (χ0v) is 12.2. The number of carbonyl (C=O) groups excluding carboxylic acids is 1. The van der Waals surface area contributed by atoms with Crippen molar-refractivity contribution in [3.63, 3.8) is 0 Å². The first-order chi connectivity index (χ1) is 9.99. The zero-order valence-electron chi connectivity index (χ0n) is 12.2. The highest BCUT2D eigenvalue weighted by Crippen LogP contribution is 2.37. The monoisotopic (exact) mass is 285 g/mol. The molecule has 0 saturated heterocycles. The van der Waals surface area contributed by atoms with Gasteiger partial charge >= 0.3 is 0 Å². The second-order valence-corrected chi connectivity index (χ2v) is 5.88. The fourth-order valence-electron chi connectivity index (χ4n) is 2.58. The Balaban J connectivity index is 2.26. The molecule has 5 nitrogen and oxygen atoms in total. The van der Waals surface area contributed by atoms with E-state index < -0.39 is 0 Å². The number of fused-ring (bicyclic) bond motifs is 1. The molecule has 1 aliphatic rings. The molecule has 0 bridgehead atoms. The molecule has 1 amide bonds. The van der Waals surface area contributed by atoms with Gasteiger partial charge in [0.05, 0.1) is 10.9 Å². The lowest BCUT2D eigenvalue weighted by molar-refractivity contribution is 0.0941. The largest absolute Gasteiger partial charge is 0.398 e. The van der Waals surface area contributed by atoms with E-state index in [1.165, 1.54) is 0 Å². The Morgan fingerprint density at radius 3 is 2.71 bits per heavy atom. The van der Waals surface area contributed by atoms with Crippen LogP contribution in [0.5, 0.6) is 0 Å². The summed E-state index contributed by atoms with van der Waals surface area (Å²) in [7, 11) is 0. The van der Waals surface area contributed by atoms with Crippen LogP contribution in [-0.4, -0.2) is 16.5 Å². The molecule has 0 unspecified atom stereocenters. The summed E-state index contributed by atoms with van der Waals surface area (Å²) in [5.41, 5.74) is 7.08. The quantitative estimate of drug-likeness (QED) is 0.847. The smallest absolute Gasteiger partial charge is 0.256 e. The Labute approximate surface area is 122 Å². The maximum Gasteiger partial charge on any atom is 0.256 e. The Morgan fingerprint density at radius 1 is 1.38 bits per heavy atom. The number of nitrogens with zero attached hydrogens (tertiary/aromatic N) is 1. The van der Waals surface area contributed by atoms with Gasteiger partial charge in [-0.05, 0) is 38.8 Å². The van der Waals surface area contributed by atoms with Crippen molar-refractivity contribution in [2.24, 2.45) is 0 Å². The number of benzene rings is 1. The van der Waals surface area contributed by atoms with Gasteiger partial charge in [0, 0.05) is 24.0 Å². The fraction of sp³-hybridized carbons (Fsp3) is 0.375. The second kappa shape index (κ2) is 4.91. The molecule has 1 aromatic carbocycles. The highest BCUT2D eigenvalue weighted by atomic mass is 16.2. The topological polar surface area (TPSA) is 77.1 Å². The Hall–Kier alpha value is -2.30. The number of aromatic nitrogens is 1. The molecule has 0 atom stereocenters. The van der Waals surface area contributed by atoms with Crippen molar-refractivity contribution in [3.8, 4) is 0 Å². The van der Waals surface area contributed by atoms with Gasteiger partial charge in [-0.25, -0.2) is 0 Å². The number of pyridine rings is 1. The van der Waals surface area contributed by atoms with Gasteiger partial charge in [-0.3, -0.25) is 9.59 Å². The van der Waals surface area contributed by atoms with Crippen LogP contribution in [0.1, 0.15) is 43.1 Å². The maximum atomic E-state index is 12.6. The first-order valence-electron chi connectivity index (χ1n) is 7.23. The van der Waals surface area contributed by atoms with Gasteiger partial charge < -0.3 is 15.6 Å². The normalized spacial score (nSPS) is 14.6. The number of nitrogen functional groups attached to an aromatic ring is 1. The van der Waals surface area contributed by atoms with E-state index in [4.69, 9.17) is 5.73 Å². The standard InChI is InChI=1S/C16H19N3O2/c1-9(2)18-16(21)11-8-19(10-6-7-10)13-5-3-4-12(17)14(13)15(11)20/h3-5,8-10H,6-7,17H2,1-2H3,(H,18,21). The summed E-state index contributed by atoms with van der Waals surface area (Å²) in [4.78, 5) is 24.9. The van der Waals surface area contributed by atoms with Crippen molar-refractivity contribution < 1.29 is 4.79 Å². The highest BCUT2D eigenvalue weighted by molar-refractivity contribution is 6.00. The van der Waals surface area contributed by atoms with Crippen LogP contribution in [0.4, 0.5) is 5.69 Å². The number of hydrogen-bond acceptors (Lipinski definition) is 3. The van der Waals surface area contributed by atoms with Crippen LogP contribution in [-0.2, 0) is 0 Å². The molecule has 21 heavy (non-hydrogen) atoms. The summed E-state index contributed by atoms with van der Waals surface area (Å²) in [6, 6.07) is 5.76. The van der Waals surface area contributed by atoms with Crippen molar-refractivity contribution in [1.29, 1.82) is 0 Å². The SMILES string of the molecule is CC(C)NC(=O)c1cn(C2CC2)c2cccc(N)c2c1=O. The molecule has 1 heterocycles. The third-order valence-electron chi connectivity index (χ3n) is 3.70. The van der Waals surface area contributed by atoms with E-state index in [1.807, 2.05) is 30.5 Å². The van der Waals surface area contributed by atoms with Crippen LogP contribution < -0.4 is 16.5 Å². The first kappa shape index (κ1) is 13.7. The number of nitrogens with one attached hydrogen (secondary N) is 1. The van der Waals surface area contributed by atoms with Crippen molar-refractivity contribution >= 4 is 22.5 Å². The molecule has 0 aliphatic heterocycles. The van der Waals surface area contributed by atoms with Gasteiger partial charge in [-0.2, -0.15) is 0 Å². The molecule has 0 spiro atoms.